The van der Waals surface area contributed by atoms with E-state index in [0.29, 0.717) is 18.8 Å². The van der Waals surface area contributed by atoms with Crippen molar-refractivity contribution in [2.24, 2.45) is 4.40 Å². The molecule has 4 rings (SSSR count). The highest BCUT2D eigenvalue weighted by molar-refractivity contribution is 14.1. The number of aryl methyl sites for hydroxylation is 2. The Bertz CT molecular complexity index is 1990. The van der Waals surface area contributed by atoms with Crippen molar-refractivity contribution in [1.82, 2.24) is 34.6 Å². The molecule has 0 atom stereocenters. The molecule has 0 spiro atoms. The lowest BCUT2D eigenvalue weighted by Gasteiger charge is -2.12. The number of aromatic nitrogens is 6. The molecule has 0 aliphatic heterocycles. The number of methoxy groups -OCH3 is 2. The Hall–Kier alpha value is -3.44. The summed E-state index contributed by atoms with van der Waals surface area (Å²) >= 11 is 3.72. The van der Waals surface area contributed by atoms with Gasteiger partial charge in [-0.1, -0.05) is 38.1 Å². The largest absolute Gasteiger partial charge is 0.845 e. The SMILES string of the molecule is CC.COc1nc(C)nc(NC(=O)NS(=O)(=O)c2ccccc2I)n1.COc1nc(C)nc(NC([O-])=NS(=O)(=O)c2ccccc2I)n1.I.[CH3+]. The van der Waals surface area contributed by atoms with Gasteiger partial charge in [0, 0.05) is 14.6 Å². The van der Waals surface area contributed by atoms with E-state index in [0.717, 1.165) is 0 Å². The van der Waals surface area contributed by atoms with E-state index in [4.69, 9.17) is 9.47 Å². The van der Waals surface area contributed by atoms with E-state index in [1.165, 1.54) is 26.4 Å². The molecule has 2 aromatic carbocycles. The van der Waals surface area contributed by atoms with Crippen LogP contribution in [0.4, 0.5) is 16.7 Å². The van der Waals surface area contributed by atoms with Crippen molar-refractivity contribution in [3.8, 4) is 12.0 Å². The molecule has 0 unspecified atom stereocenters. The van der Waals surface area contributed by atoms with Gasteiger partial charge in [-0.25, -0.2) is 17.9 Å². The third-order valence-electron chi connectivity index (χ3n) is 4.93. The maximum absolute atomic E-state index is 12.2. The molecule has 0 aliphatic carbocycles. The van der Waals surface area contributed by atoms with E-state index in [-0.39, 0.29) is 65.1 Å². The summed E-state index contributed by atoms with van der Waals surface area (Å²) in [5.74, 6) is 0.339. The van der Waals surface area contributed by atoms with E-state index in [9.17, 15) is 26.7 Å². The zero-order chi connectivity index (χ0) is 36.1. The number of amidine groups is 1. The molecule has 0 saturated heterocycles. The number of rotatable bonds is 8. The number of hydrogen-bond donors (Lipinski definition) is 3. The first-order valence-corrected chi connectivity index (χ1v) is 18.4. The van der Waals surface area contributed by atoms with Crippen molar-refractivity contribution in [2.45, 2.75) is 37.5 Å². The summed E-state index contributed by atoms with van der Waals surface area (Å²) in [5, 5.41) is 16.2. The van der Waals surface area contributed by atoms with Gasteiger partial charge in [0.25, 0.3) is 20.0 Å². The summed E-state index contributed by atoms with van der Waals surface area (Å²) in [4.78, 5) is 34.8. The van der Waals surface area contributed by atoms with Gasteiger partial charge < -0.3 is 19.9 Å². The van der Waals surface area contributed by atoms with Crippen LogP contribution in [0.5, 0.6) is 12.0 Å². The highest BCUT2D eigenvalue weighted by Crippen LogP contribution is 2.20. The van der Waals surface area contributed by atoms with Gasteiger partial charge in [0.2, 0.25) is 11.9 Å². The molecule has 0 bridgehead atoms. The zero-order valence-electron chi connectivity index (χ0n) is 27.5. The predicted molar refractivity (Wildman–Crippen MR) is 211 cm³/mol. The van der Waals surface area contributed by atoms with Crippen LogP contribution in [0.15, 0.2) is 62.7 Å². The number of halogens is 3. The fourth-order valence-electron chi connectivity index (χ4n) is 3.11. The molecule has 0 saturated carbocycles. The molecule has 2 heterocycles. The lowest BCUT2D eigenvalue weighted by atomic mass is 10.4. The van der Waals surface area contributed by atoms with Crippen LogP contribution in [0.1, 0.15) is 25.5 Å². The number of urea groups is 1. The van der Waals surface area contributed by atoms with Crippen molar-refractivity contribution in [2.75, 3.05) is 24.9 Å². The number of hydrogen-bond acceptors (Lipinski definition) is 14. The molecule has 0 radical (unpaired) electrons. The molecule has 23 heteroatoms. The van der Waals surface area contributed by atoms with Gasteiger partial charge in [-0.2, -0.15) is 42.7 Å². The number of sulfonamides is 2. The lowest BCUT2D eigenvalue weighted by Crippen LogP contribution is -2.35. The Morgan fingerprint density at radius 2 is 1.16 bits per heavy atom. The Balaban J connectivity index is 0.000000881. The molecule has 0 fully saturated rings. The van der Waals surface area contributed by atoms with Crippen molar-refractivity contribution < 1.29 is 36.2 Å². The first kappa shape index (κ1) is 46.6. The normalized spacial score (nSPS) is 10.7. The predicted octanol–water partition coefficient (Wildman–Crippen LogP) is 3.71. The summed E-state index contributed by atoms with van der Waals surface area (Å²) in [7, 11) is -5.43. The highest BCUT2D eigenvalue weighted by atomic mass is 127. The van der Waals surface area contributed by atoms with Crippen LogP contribution in [0.2, 0.25) is 0 Å². The average Bonchev–Trinajstić information content (AvgIpc) is 3.01. The second-order valence-corrected chi connectivity index (χ2v) is 13.9. The Morgan fingerprint density at radius 1 is 0.740 bits per heavy atom. The Morgan fingerprint density at radius 3 is 1.60 bits per heavy atom. The number of amides is 2. The van der Waals surface area contributed by atoms with Gasteiger partial charge in [0.05, 0.1) is 20.2 Å². The number of nitrogens with zero attached hydrogens (tertiary/aromatic N) is 7. The van der Waals surface area contributed by atoms with Crippen LogP contribution in [-0.4, -0.2) is 73.0 Å². The van der Waals surface area contributed by atoms with E-state index in [1.807, 2.05) is 63.8 Å². The van der Waals surface area contributed by atoms with Crippen molar-refractivity contribution >= 4 is 113 Å². The Kier molecular flexibility index (Phi) is 20.2. The van der Waals surface area contributed by atoms with Gasteiger partial charge in [-0.15, -0.1) is 24.0 Å². The number of benzene rings is 2. The molecule has 50 heavy (non-hydrogen) atoms. The van der Waals surface area contributed by atoms with Crippen LogP contribution < -0.4 is 29.9 Å². The smallest absolute Gasteiger partial charge is 0.335 e. The molecular weight excluding hydrogens is 1040 g/mol. The Labute approximate surface area is 334 Å². The van der Waals surface area contributed by atoms with E-state index < -0.39 is 32.1 Å². The molecule has 3 N–H and O–H groups in total. The van der Waals surface area contributed by atoms with E-state index in [2.05, 4.69) is 44.9 Å². The van der Waals surface area contributed by atoms with Gasteiger partial charge in [0.1, 0.15) is 21.4 Å². The third-order valence-corrected chi connectivity index (χ3v) is 10.3. The highest BCUT2D eigenvalue weighted by Gasteiger charge is 2.21. The third kappa shape index (κ3) is 14.4. The molecule has 2 amide bonds. The average molecular weight is 1070 g/mol. The first-order valence-electron chi connectivity index (χ1n) is 13.3. The van der Waals surface area contributed by atoms with E-state index in [1.54, 1.807) is 50.2 Å². The molecule has 2 aromatic heterocycles. The maximum atomic E-state index is 12.2. The number of ether oxygens (including phenoxy) is 2. The molecule has 272 valence electrons. The van der Waals surface area contributed by atoms with Crippen LogP contribution in [-0.2, 0) is 20.0 Å². The van der Waals surface area contributed by atoms with Gasteiger partial charge in [0.15, 0.2) is 0 Å². The summed E-state index contributed by atoms with van der Waals surface area (Å²) in [6.07, 6.45) is 0. The molecule has 18 nitrogen and oxygen atoms in total. The number of carbonyl (C=O) groups is 1. The standard InChI is InChI=1S/2C12H12IN5O4S.C2H6.CH3.HI/c2*1-7-14-10(17-12(15-7)22-2)16-11(19)18-23(20,21)9-6-4-3-5-8(9)13;1-2;;/h2*3-6H,1-2H3,(H2,14,15,16,17,18,19);1-2H3;1H3;1H/q;;;+1;/p-1. The quantitative estimate of drug-likeness (QED) is 0.0985. The zero-order valence-corrected chi connectivity index (χ0v) is 35.8. The topological polar surface area (TPSA) is 253 Å². The van der Waals surface area contributed by atoms with Gasteiger partial charge in [-0.3, -0.25) is 5.32 Å². The van der Waals surface area contributed by atoms with Crippen molar-refractivity contribution in [1.29, 1.82) is 0 Å². The fourth-order valence-corrected chi connectivity index (χ4v) is 7.50. The summed E-state index contributed by atoms with van der Waals surface area (Å²) in [5.41, 5.74) is 0. The van der Waals surface area contributed by atoms with Crippen molar-refractivity contribution in [3.05, 3.63) is 74.7 Å². The molecular formula is C27H33I3N10O8S2. The number of nitrogens with one attached hydrogen (secondary N) is 3. The second-order valence-electron chi connectivity index (χ2n) is 8.30. The summed E-state index contributed by atoms with van der Waals surface area (Å²) in [6.45, 7) is 7.15. The monoisotopic (exact) mass is 1070 g/mol. The maximum Gasteiger partial charge on any atom is 0.335 e. The van der Waals surface area contributed by atoms with Crippen molar-refractivity contribution in [3.63, 3.8) is 0 Å². The van der Waals surface area contributed by atoms with E-state index >= 15 is 0 Å². The fraction of sp³-hybridized carbons (Fsp3) is 0.222. The summed E-state index contributed by atoms with van der Waals surface area (Å²) in [6, 6.07) is 10.4. The second kappa shape index (κ2) is 21.7. The van der Waals surface area contributed by atoms with Crippen LogP contribution >= 0.6 is 69.2 Å². The van der Waals surface area contributed by atoms with Gasteiger partial charge in [-0.05, 0) is 83.3 Å². The molecule has 4 aromatic rings. The number of carbonyl (C=O) groups excluding carboxylic acids is 1. The van der Waals surface area contributed by atoms with Crippen LogP contribution in [0.3, 0.4) is 0 Å². The van der Waals surface area contributed by atoms with Crippen LogP contribution in [0, 0.1) is 28.4 Å². The van der Waals surface area contributed by atoms with Gasteiger partial charge >= 0.3 is 18.1 Å². The minimum Gasteiger partial charge on any atom is -0.845 e. The molecule has 0 aliphatic rings. The minimum absolute atomic E-state index is 0. The van der Waals surface area contributed by atoms with Crippen LogP contribution in [0.25, 0.3) is 0 Å². The first-order chi connectivity index (χ1) is 22.6. The minimum atomic E-state index is -4.13. The summed E-state index contributed by atoms with van der Waals surface area (Å²) < 4.78 is 64.4. The lowest BCUT2D eigenvalue weighted by molar-refractivity contribution is -0.213. The number of anilines is 2.